The summed E-state index contributed by atoms with van der Waals surface area (Å²) in [5.74, 6) is 2.12. The summed E-state index contributed by atoms with van der Waals surface area (Å²) >= 11 is 2.27. The first-order valence-electron chi connectivity index (χ1n) is 4.17. The standard InChI is InChI=1S/C8H10N2O2SSe.CH4/c11-5-9-1-7-3-13-4-8(14-7)2-10-6-12;/h7-8H,1-4H2;1H4. The summed E-state index contributed by atoms with van der Waals surface area (Å²) in [7, 11) is 0. The fraction of sp³-hybridized carbons (Fsp3) is 0.778. The molecule has 1 rings (SSSR count). The van der Waals surface area contributed by atoms with Gasteiger partial charge < -0.3 is 0 Å². The van der Waals surface area contributed by atoms with Gasteiger partial charge in [0.2, 0.25) is 0 Å². The Morgan fingerprint density at radius 3 is 2.00 bits per heavy atom. The van der Waals surface area contributed by atoms with Crippen molar-refractivity contribution in [3.63, 3.8) is 0 Å². The Balaban J connectivity index is 0.00000196. The molecule has 1 saturated heterocycles. The first kappa shape index (κ1) is 14.6. The van der Waals surface area contributed by atoms with E-state index < -0.39 is 0 Å². The Hall–Kier alpha value is -0.371. The molecule has 0 aromatic rings. The van der Waals surface area contributed by atoms with Gasteiger partial charge in [0, 0.05) is 0 Å². The maximum atomic E-state index is 9.94. The van der Waals surface area contributed by atoms with Crippen molar-refractivity contribution in [2.45, 2.75) is 17.1 Å². The van der Waals surface area contributed by atoms with Crippen molar-refractivity contribution in [1.82, 2.24) is 0 Å². The van der Waals surface area contributed by atoms with E-state index >= 15 is 0 Å². The molecule has 0 radical (unpaired) electrons. The summed E-state index contributed by atoms with van der Waals surface area (Å²) in [4.78, 5) is 28.1. The van der Waals surface area contributed by atoms with Gasteiger partial charge in [0.15, 0.2) is 0 Å². The summed E-state index contributed by atoms with van der Waals surface area (Å²) in [6.45, 7) is 1.16. The molecule has 1 aliphatic heterocycles. The summed E-state index contributed by atoms with van der Waals surface area (Å²) in [5, 5.41) is 0. The summed E-state index contributed by atoms with van der Waals surface area (Å²) in [6, 6.07) is 0. The van der Waals surface area contributed by atoms with Crippen molar-refractivity contribution < 1.29 is 9.59 Å². The zero-order valence-corrected chi connectivity index (χ0v) is 10.0. The number of hydrogen-bond donors (Lipinski definition) is 0. The third kappa shape index (κ3) is 5.93. The average Bonchev–Trinajstić information content (AvgIpc) is 2.24. The normalized spacial score (nSPS) is 24.3. The molecule has 1 heterocycles. The van der Waals surface area contributed by atoms with Gasteiger partial charge in [-0.05, 0) is 0 Å². The van der Waals surface area contributed by atoms with E-state index in [1.165, 1.54) is 0 Å². The molecule has 0 bridgehead atoms. The van der Waals surface area contributed by atoms with Crippen LogP contribution in [0.5, 0.6) is 0 Å². The van der Waals surface area contributed by atoms with Gasteiger partial charge in [0.1, 0.15) is 0 Å². The van der Waals surface area contributed by atoms with Crippen LogP contribution in [0.1, 0.15) is 7.43 Å². The molecule has 0 aromatic carbocycles. The van der Waals surface area contributed by atoms with E-state index in [4.69, 9.17) is 0 Å². The third-order valence-corrected chi connectivity index (χ3v) is 6.88. The second-order valence-corrected chi connectivity index (χ2v) is 7.22. The number of carbonyl (C=O) groups excluding carboxylic acids is 2. The molecule has 15 heavy (non-hydrogen) atoms. The van der Waals surface area contributed by atoms with Crippen molar-refractivity contribution in [2.75, 3.05) is 24.6 Å². The topological polar surface area (TPSA) is 58.9 Å². The third-order valence-electron chi connectivity index (χ3n) is 1.71. The van der Waals surface area contributed by atoms with Gasteiger partial charge in [-0.3, -0.25) is 0 Å². The second kappa shape index (κ2) is 8.90. The molecule has 1 aliphatic rings. The predicted octanol–water partition coefficient (Wildman–Crippen LogP) is 1.32. The number of thioether (sulfide) groups is 1. The number of rotatable bonds is 4. The molecular weight excluding hydrogens is 279 g/mol. The zero-order valence-electron chi connectivity index (χ0n) is 7.51. The number of nitrogens with zero attached hydrogens (tertiary/aromatic N) is 2. The van der Waals surface area contributed by atoms with E-state index in [0.717, 1.165) is 11.5 Å². The van der Waals surface area contributed by atoms with Crippen LogP contribution in [0.4, 0.5) is 0 Å². The molecule has 2 unspecified atom stereocenters. The summed E-state index contributed by atoms with van der Waals surface area (Å²) < 4.78 is 0. The monoisotopic (exact) mass is 294 g/mol. The van der Waals surface area contributed by atoms with Gasteiger partial charge in [-0.25, -0.2) is 0 Å². The molecule has 0 aliphatic carbocycles. The predicted molar refractivity (Wildman–Crippen MR) is 63.3 cm³/mol. The van der Waals surface area contributed by atoms with Crippen molar-refractivity contribution in [2.24, 2.45) is 9.98 Å². The fourth-order valence-electron chi connectivity index (χ4n) is 1.15. The van der Waals surface area contributed by atoms with Gasteiger partial charge >= 0.3 is 92.7 Å². The van der Waals surface area contributed by atoms with E-state index in [0.29, 0.717) is 37.7 Å². The van der Waals surface area contributed by atoms with Gasteiger partial charge in [0.05, 0.1) is 0 Å². The zero-order chi connectivity index (χ0) is 10.2. The van der Waals surface area contributed by atoms with Crippen LogP contribution in [-0.2, 0) is 9.59 Å². The molecule has 1 fully saturated rings. The van der Waals surface area contributed by atoms with Crippen LogP contribution in [0.2, 0.25) is 9.63 Å². The van der Waals surface area contributed by atoms with E-state index in [1.807, 2.05) is 11.8 Å². The van der Waals surface area contributed by atoms with Gasteiger partial charge in [-0.1, -0.05) is 7.43 Å². The molecule has 2 atom stereocenters. The van der Waals surface area contributed by atoms with E-state index in [-0.39, 0.29) is 7.43 Å². The molecule has 0 amide bonds. The minimum atomic E-state index is 0. The Labute approximate surface area is 100 Å². The van der Waals surface area contributed by atoms with E-state index in [1.54, 1.807) is 12.2 Å². The van der Waals surface area contributed by atoms with Crippen molar-refractivity contribution in [1.29, 1.82) is 0 Å². The van der Waals surface area contributed by atoms with Gasteiger partial charge in [-0.2, -0.15) is 0 Å². The van der Waals surface area contributed by atoms with Crippen molar-refractivity contribution >= 4 is 38.9 Å². The van der Waals surface area contributed by atoms with Crippen molar-refractivity contribution in [3.8, 4) is 0 Å². The molecule has 0 N–H and O–H groups in total. The molecule has 4 nitrogen and oxygen atoms in total. The van der Waals surface area contributed by atoms with Crippen molar-refractivity contribution in [3.05, 3.63) is 0 Å². The van der Waals surface area contributed by atoms with Crippen LogP contribution >= 0.6 is 11.8 Å². The number of isocyanates is 2. The maximum absolute atomic E-state index is 9.94. The number of hydrogen-bond acceptors (Lipinski definition) is 5. The Kier molecular flexibility index (Phi) is 8.68. The average molecular weight is 293 g/mol. The van der Waals surface area contributed by atoms with Crippen LogP contribution in [0.25, 0.3) is 0 Å². The first-order chi connectivity index (χ1) is 6.86. The van der Waals surface area contributed by atoms with Gasteiger partial charge in [0.25, 0.3) is 0 Å². The molecule has 84 valence electrons. The van der Waals surface area contributed by atoms with Crippen LogP contribution < -0.4 is 0 Å². The quantitative estimate of drug-likeness (QED) is 0.446. The SMILES string of the molecule is C.O=C=NCC1CSCC(CN=C=O)[Se]1. The van der Waals surface area contributed by atoms with Crippen LogP contribution in [-0.4, -0.2) is 51.7 Å². The molecule has 6 heteroatoms. The summed E-state index contributed by atoms with van der Waals surface area (Å²) in [6.07, 6.45) is 3.13. The number of aliphatic imine (C=N–C) groups is 2. The summed E-state index contributed by atoms with van der Waals surface area (Å²) in [5.41, 5.74) is 0. The Morgan fingerprint density at radius 2 is 1.60 bits per heavy atom. The molecule has 0 aromatic heterocycles. The Morgan fingerprint density at radius 1 is 1.13 bits per heavy atom. The molecular formula is C9H14N2O2SSe. The fourth-order valence-corrected chi connectivity index (χ4v) is 6.20. The minimum absolute atomic E-state index is 0. The van der Waals surface area contributed by atoms with Crippen LogP contribution in [0, 0.1) is 0 Å². The molecule has 0 spiro atoms. The van der Waals surface area contributed by atoms with Crippen LogP contribution in [0.3, 0.4) is 0 Å². The molecule has 0 saturated carbocycles. The van der Waals surface area contributed by atoms with Crippen LogP contribution in [0.15, 0.2) is 9.98 Å². The van der Waals surface area contributed by atoms with Gasteiger partial charge in [-0.15, -0.1) is 0 Å². The first-order valence-corrected chi connectivity index (χ1v) is 7.30. The second-order valence-electron chi connectivity index (χ2n) is 2.78. The Bertz CT molecular complexity index is 249. The van der Waals surface area contributed by atoms with E-state index in [2.05, 4.69) is 9.98 Å². The van der Waals surface area contributed by atoms with E-state index in [9.17, 15) is 9.59 Å².